The number of hydrogen-bond donors (Lipinski definition) is 2. The maximum atomic E-state index is 14.5. The predicted molar refractivity (Wildman–Crippen MR) is 149 cm³/mol. The second kappa shape index (κ2) is 11.8. The van der Waals surface area contributed by atoms with Crippen LogP contribution in [0.2, 0.25) is 0 Å². The van der Waals surface area contributed by atoms with Crippen LogP contribution in [0.3, 0.4) is 0 Å². The summed E-state index contributed by atoms with van der Waals surface area (Å²) >= 11 is 0. The van der Waals surface area contributed by atoms with Gasteiger partial charge in [-0.2, -0.15) is 0 Å². The van der Waals surface area contributed by atoms with Crippen LogP contribution in [0.25, 0.3) is 0 Å². The van der Waals surface area contributed by atoms with Crippen LogP contribution in [0.1, 0.15) is 39.2 Å². The molecule has 4 heterocycles. The van der Waals surface area contributed by atoms with Gasteiger partial charge in [-0.05, 0) is 39.2 Å². The molecule has 4 aliphatic rings. The number of carbonyl (C=O) groups excluding carboxylic acids is 4. The van der Waals surface area contributed by atoms with Gasteiger partial charge in [-0.1, -0.05) is 54.6 Å². The van der Waals surface area contributed by atoms with Crippen molar-refractivity contribution in [2.24, 2.45) is 11.8 Å². The first kappa shape index (κ1) is 29.0. The Hall–Kier alpha value is -3.50. The molecule has 220 valence electrons. The second-order valence-electron chi connectivity index (χ2n) is 11.6. The van der Waals surface area contributed by atoms with E-state index >= 15 is 0 Å². The summed E-state index contributed by atoms with van der Waals surface area (Å²) < 4.78 is 12.1. The summed E-state index contributed by atoms with van der Waals surface area (Å²) in [5.74, 6) is -3.43. The van der Waals surface area contributed by atoms with Crippen molar-refractivity contribution in [3.05, 3.63) is 60.2 Å². The Labute approximate surface area is 240 Å². The molecule has 41 heavy (non-hydrogen) atoms. The third kappa shape index (κ3) is 5.30. The molecule has 0 aliphatic carbocycles. The van der Waals surface area contributed by atoms with Crippen molar-refractivity contribution >= 4 is 23.7 Å². The van der Waals surface area contributed by atoms with E-state index in [2.05, 4.69) is 5.32 Å². The van der Waals surface area contributed by atoms with Crippen LogP contribution >= 0.6 is 0 Å². The number of fused-ring (bicyclic) bond motifs is 2. The lowest BCUT2D eigenvalue weighted by atomic mass is 9.74. The molecule has 4 aliphatic heterocycles. The zero-order valence-electron chi connectivity index (χ0n) is 23.8. The minimum Gasteiger partial charge on any atom is -0.460 e. The number of hydrogen-bond acceptors (Lipinski definition) is 7. The van der Waals surface area contributed by atoms with Gasteiger partial charge < -0.3 is 29.7 Å². The molecule has 2 saturated heterocycles. The van der Waals surface area contributed by atoms with Crippen LogP contribution in [-0.2, 0) is 35.1 Å². The van der Waals surface area contributed by atoms with Gasteiger partial charge in [-0.3, -0.25) is 19.2 Å². The first-order chi connectivity index (χ1) is 19.7. The van der Waals surface area contributed by atoms with Gasteiger partial charge in [0.2, 0.25) is 17.7 Å². The molecule has 10 heteroatoms. The fraction of sp³-hybridized carbons (Fsp3) is 0.548. The monoisotopic (exact) mass is 565 g/mol. The Morgan fingerprint density at radius 2 is 1.85 bits per heavy atom. The topological polar surface area (TPSA) is 125 Å². The van der Waals surface area contributed by atoms with Crippen molar-refractivity contribution in [2.45, 2.75) is 76.0 Å². The highest BCUT2D eigenvalue weighted by molar-refractivity contribution is 5.99. The summed E-state index contributed by atoms with van der Waals surface area (Å²) in [5.41, 5.74) is -0.458. The van der Waals surface area contributed by atoms with Gasteiger partial charge in [-0.25, -0.2) is 0 Å². The van der Waals surface area contributed by atoms with Gasteiger partial charge in [0.05, 0.1) is 31.2 Å². The van der Waals surface area contributed by atoms with Gasteiger partial charge in [-0.15, -0.1) is 0 Å². The van der Waals surface area contributed by atoms with E-state index in [1.54, 1.807) is 24.0 Å². The lowest BCUT2D eigenvalue weighted by Gasteiger charge is -2.40. The van der Waals surface area contributed by atoms with E-state index in [0.717, 1.165) is 5.56 Å². The number of esters is 1. The van der Waals surface area contributed by atoms with E-state index in [4.69, 9.17) is 9.47 Å². The molecule has 3 amide bonds. The summed E-state index contributed by atoms with van der Waals surface area (Å²) in [4.78, 5) is 57.8. The van der Waals surface area contributed by atoms with Crippen LogP contribution in [0.4, 0.5) is 0 Å². The zero-order valence-corrected chi connectivity index (χ0v) is 23.8. The standard InChI is InChI=1S/C31H39N3O7/c1-19(2)33-15-9-5-8-12-24(36)32-17-20(3)40-30(39)25-23-13-14-31(41-23)26(25)28(37)34(27(31)29(33)38)22(18-35)16-21-10-6-4-7-11-21/h4-7,9-11,13-14,19-20,22-23,25-27,35H,8,12,15-18H2,1-3H3,(H,32,36)/b9-5-/t20-,22-,23+,25-,26-,27+,31-/m1/s1. The van der Waals surface area contributed by atoms with E-state index in [-0.39, 0.29) is 44.0 Å². The van der Waals surface area contributed by atoms with E-state index in [1.807, 2.05) is 56.3 Å². The van der Waals surface area contributed by atoms with Gasteiger partial charge in [0.15, 0.2) is 0 Å². The van der Waals surface area contributed by atoms with Crippen LogP contribution in [0.15, 0.2) is 54.6 Å². The first-order valence-electron chi connectivity index (χ1n) is 14.4. The lowest BCUT2D eigenvalue weighted by molar-refractivity contribution is -0.159. The number of rotatable bonds is 5. The highest BCUT2D eigenvalue weighted by atomic mass is 16.6. The van der Waals surface area contributed by atoms with Crippen LogP contribution in [0.5, 0.6) is 0 Å². The number of likely N-dealkylation sites (tertiary alicyclic amines) is 1. The average molecular weight is 566 g/mol. The lowest BCUT2D eigenvalue weighted by Crippen LogP contribution is -2.59. The Kier molecular flexibility index (Phi) is 8.33. The molecule has 0 unspecified atom stereocenters. The number of carbonyl (C=O) groups is 4. The Bertz CT molecular complexity index is 1230. The summed E-state index contributed by atoms with van der Waals surface area (Å²) in [6, 6.07) is 7.49. The molecule has 5 rings (SSSR count). The number of aliphatic hydroxyl groups excluding tert-OH is 1. The molecular formula is C31H39N3O7. The van der Waals surface area contributed by atoms with Crippen molar-refractivity contribution in [3.8, 4) is 0 Å². The summed E-state index contributed by atoms with van der Waals surface area (Å²) in [6.07, 6.45) is 6.96. The van der Waals surface area contributed by atoms with Crippen molar-refractivity contribution in [1.29, 1.82) is 0 Å². The average Bonchev–Trinajstić information content (AvgIpc) is 3.59. The molecule has 2 N–H and O–H groups in total. The minimum absolute atomic E-state index is 0.143. The van der Waals surface area contributed by atoms with E-state index < -0.39 is 53.6 Å². The summed E-state index contributed by atoms with van der Waals surface area (Å²) in [7, 11) is 0. The molecule has 0 radical (unpaired) electrons. The molecular weight excluding hydrogens is 526 g/mol. The smallest absolute Gasteiger partial charge is 0.313 e. The highest BCUT2D eigenvalue weighted by Gasteiger charge is 2.74. The predicted octanol–water partition coefficient (Wildman–Crippen LogP) is 1.38. The van der Waals surface area contributed by atoms with E-state index in [1.165, 1.54) is 4.90 Å². The third-order valence-corrected chi connectivity index (χ3v) is 8.55. The second-order valence-corrected chi connectivity index (χ2v) is 11.6. The molecule has 7 atom stereocenters. The molecule has 0 saturated carbocycles. The number of allylic oxidation sites excluding steroid dienone is 1. The molecule has 0 aromatic heterocycles. The van der Waals surface area contributed by atoms with Crippen molar-refractivity contribution < 1.29 is 33.8 Å². The van der Waals surface area contributed by atoms with Crippen molar-refractivity contribution in [1.82, 2.24) is 15.1 Å². The zero-order chi connectivity index (χ0) is 29.3. The fourth-order valence-electron chi connectivity index (χ4n) is 6.58. The van der Waals surface area contributed by atoms with Crippen LogP contribution in [0, 0.1) is 11.8 Å². The Balaban J connectivity index is 1.58. The molecule has 2 fully saturated rings. The minimum atomic E-state index is -1.37. The third-order valence-electron chi connectivity index (χ3n) is 8.55. The fourth-order valence-corrected chi connectivity index (χ4v) is 6.58. The number of amides is 3. The number of aliphatic hydroxyl groups is 1. The molecule has 5 bridgehead atoms. The summed E-state index contributed by atoms with van der Waals surface area (Å²) in [6.45, 7) is 5.53. The van der Waals surface area contributed by atoms with Gasteiger partial charge in [0.1, 0.15) is 23.7 Å². The number of nitrogens with one attached hydrogen (secondary N) is 1. The maximum Gasteiger partial charge on any atom is 0.313 e. The van der Waals surface area contributed by atoms with Gasteiger partial charge in [0, 0.05) is 19.0 Å². The molecule has 1 spiro atoms. The quantitative estimate of drug-likeness (QED) is 0.408. The number of cyclic esters (lactones) is 1. The van der Waals surface area contributed by atoms with Gasteiger partial charge in [0.25, 0.3) is 0 Å². The SMILES string of the molecule is CC(C)N1C/C=C\CCC(=O)NC[C@@H](C)OC(=O)[C@@H]2[C@@H]3C=C[C@]4(O3)[C@H](C1=O)N([C@@H](CO)Cc1ccccc1)C(=O)[C@@H]24. The van der Waals surface area contributed by atoms with E-state index in [0.29, 0.717) is 12.8 Å². The van der Waals surface area contributed by atoms with Crippen LogP contribution in [-0.4, -0.2) is 94.2 Å². The van der Waals surface area contributed by atoms with Crippen molar-refractivity contribution in [3.63, 3.8) is 0 Å². The molecule has 1 aromatic rings. The largest absolute Gasteiger partial charge is 0.460 e. The number of nitrogens with zero attached hydrogens (tertiary/aromatic N) is 2. The molecule has 1 aromatic carbocycles. The van der Waals surface area contributed by atoms with Gasteiger partial charge >= 0.3 is 5.97 Å². The highest BCUT2D eigenvalue weighted by Crippen LogP contribution is 2.56. The Morgan fingerprint density at radius 3 is 2.56 bits per heavy atom. The Morgan fingerprint density at radius 1 is 1.10 bits per heavy atom. The van der Waals surface area contributed by atoms with Crippen LogP contribution < -0.4 is 5.32 Å². The van der Waals surface area contributed by atoms with E-state index in [9.17, 15) is 24.3 Å². The first-order valence-corrected chi connectivity index (χ1v) is 14.4. The number of ether oxygens (including phenoxy) is 2. The molecule has 10 nitrogen and oxygen atoms in total. The number of benzene rings is 1. The van der Waals surface area contributed by atoms with Crippen molar-refractivity contribution in [2.75, 3.05) is 19.7 Å². The maximum absolute atomic E-state index is 14.5. The normalized spacial score (nSPS) is 33.6. The summed E-state index contributed by atoms with van der Waals surface area (Å²) in [5, 5.41) is 13.4.